The third-order valence-corrected chi connectivity index (χ3v) is 5.26. The van der Waals surface area contributed by atoms with Crippen molar-refractivity contribution in [2.24, 2.45) is 0 Å². The quantitative estimate of drug-likeness (QED) is 0.561. The van der Waals surface area contributed by atoms with Crippen molar-refractivity contribution < 1.29 is 24.2 Å². The number of benzene rings is 2. The molecule has 0 saturated carbocycles. The average molecular weight is 364 g/mol. The van der Waals surface area contributed by atoms with Gasteiger partial charge in [0.05, 0.1) is 15.3 Å². The summed E-state index contributed by atoms with van der Waals surface area (Å²) in [6.45, 7) is -0.190. The second-order valence-corrected chi connectivity index (χ2v) is 6.79. The highest BCUT2D eigenvalue weighted by molar-refractivity contribution is 7.16. The van der Waals surface area contributed by atoms with Crippen LogP contribution in [0.15, 0.2) is 54.6 Å². The van der Waals surface area contributed by atoms with Crippen LogP contribution in [-0.4, -0.2) is 29.1 Å². The summed E-state index contributed by atoms with van der Waals surface area (Å²) in [5.41, 5.74) is 0.340. The number of thiophene rings is 1. The minimum Gasteiger partial charge on any atom is -0.507 e. The van der Waals surface area contributed by atoms with Gasteiger partial charge in [-0.3, -0.25) is 14.4 Å². The number of phenolic OH excluding ortho intramolecular Hbond substituents is 1. The summed E-state index contributed by atoms with van der Waals surface area (Å²) in [4.78, 5) is 38.1. The van der Waals surface area contributed by atoms with Gasteiger partial charge < -0.3 is 9.84 Å². The zero-order chi connectivity index (χ0) is 18.3. The smallest absolute Gasteiger partial charge is 0.210 e. The molecule has 2 aromatic carbocycles. The summed E-state index contributed by atoms with van der Waals surface area (Å²) < 4.78 is 5.44. The van der Waals surface area contributed by atoms with Gasteiger partial charge in [0, 0.05) is 11.1 Å². The number of fused-ring (bicyclic) bond motifs is 2. The van der Waals surface area contributed by atoms with E-state index in [1.165, 1.54) is 24.3 Å². The van der Waals surface area contributed by atoms with Crippen LogP contribution in [0.1, 0.15) is 40.8 Å². The molecule has 1 aliphatic carbocycles. The Kier molecular flexibility index (Phi) is 3.89. The fourth-order valence-corrected chi connectivity index (χ4v) is 3.85. The number of Topliss-reactive ketones (excluding diaryl/α,β-unsaturated/α-hetero) is 1. The molecule has 1 aromatic heterocycles. The molecular weight excluding hydrogens is 352 g/mol. The first-order valence-electron chi connectivity index (χ1n) is 7.82. The Morgan fingerprint density at radius 2 is 1.73 bits per heavy atom. The van der Waals surface area contributed by atoms with Gasteiger partial charge in [-0.15, -0.1) is 11.3 Å². The van der Waals surface area contributed by atoms with Gasteiger partial charge in [0.15, 0.2) is 12.4 Å². The molecule has 0 bridgehead atoms. The number of rotatable bonds is 4. The molecule has 1 aliphatic rings. The van der Waals surface area contributed by atoms with Crippen LogP contribution in [-0.2, 0) is 0 Å². The van der Waals surface area contributed by atoms with Gasteiger partial charge in [0.25, 0.3) is 0 Å². The highest BCUT2D eigenvalue weighted by Gasteiger charge is 2.34. The zero-order valence-electron chi connectivity index (χ0n) is 13.4. The molecule has 0 aliphatic heterocycles. The summed E-state index contributed by atoms with van der Waals surface area (Å²) in [6, 6.07) is 14.7. The lowest BCUT2D eigenvalue weighted by Gasteiger charge is -2.14. The number of ether oxygens (including phenoxy) is 1. The maximum Gasteiger partial charge on any atom is 0.210 e. The highest BCUT2D eigenvalue weighted by atomic mass is 32.1. The maximum atomic E-state index is 12.6. The lowest BCUT2D eigenvalue weighted by molar-refractivity contribution is 0.0925. The Morgan fingerprint density at radius 3 is 2.50 bits per heavy atom. The van der Waals surface area contributed by atoms with Crippen molar-refractivity contribution in [3.8, 4) is 11.5 Å². The highest BCUT2D eigenvalue weighted by Crippen LogP contribution is 2.36. The molecule has 5 nitrogen and oxygen atoms in total. The number of para-hydroxylation sites is 1. The van der Waals surface area contributed by atoms with E-state index in [-0.39, 0.29) is 50.4 Å². The van der Waals surface area contributed by atoms with Crippen molar-refractivity contribution in [1.82, 2.24) is 0 Å². The molecule has 0 spiro atoms. The summed E-state index contributed by atoms with van der Waals surface area (Å²) in [5.74, 6) is -0.806. The van der Waals surface area contributed by atoms with Crippen molar-refractivity contribution in [3.63, 3.8) is 0 Å². The molecule has 3 aromatic rings. The second kappa shape index (κ2) is 6.24. The van der Waals surface area contributed by atoms with Crippen molar-refractivity contribution >= 4 is 28.7 Å². The van der Waals surface area contributed by atoms with Crippen LogP contribution in [0.5, 0.6) is 11.5 Å². The number of ketones is 3. The third-order valence-electron chi connectivity index (χ3n) is 4.09. The molecule has 0 radical (unpaired) electrons. The molecule has 6 heteroatoms. The standard InChI is InChI=1S/C20H12O5S/c21-14-8-4-7-12-17(14)19(24)20-13(18(12)23)9-16(26-20)15(22)10-25-11-5-2-1-3-6-11/h1-9,21H,10H2. The Morgan fingerprint density at radius 1 is 0.962 bits per heavy atom. The van der Waals surface area contributed by atoms with Crippen molar-refractivity contribution in [1.29, 1.82) is 0 Å². The average Bonchev–Trinajstić information content (AvgIpc) is 3.11. The van der Waals surface area contributed by atoms with Gasteiger partial charge in [0.2, 0.25) is 11.6 Å². The topological polar surface area (TPSA) is 80.7 Å². The first kappa shape index (κ1) is 16.2. The van der Waals surface area contributed by atoms with E-state index in [2.05, 4.69) is 0 Å². The molecular formula is C20H12O5S. The van der Waals surface area contributed by atoms with Crippen LogP contribution in [0.3, 0.4) is 0 Å². The molecule has 128 valence electrons. The van der Waals surface area contributed by atoms with E-state index < -0.39 is 5.78 Å². The number of hydrogen-bond donors (Lipinski definition) is 1. The van der Waals surface area contributed by atoms with Gasteiger partial charge in [-0.05, 0) is 24.3 Å². The fourth-order valence-electron chi connectivity index (χ4n) is 2.83. The SMILES string of the molecule is O=C(COc1ccccc1)c1cc2c(s1)C(=O)c1c(O)cccc1C2=O. The molecule has 0 saturated heterocycles. The Balaban J connectivity index is 1.63. The maximum absolute atomic E-state index is 12.6. The summed E-state index contributed by atoms with van der Waals surface area (Å²) >= 11 is 0.952. The molecule has 0 amide bonds. The van der Waals surface area contributed by atoms with E-state index in [0.717, 1.165) is 11.3 Å². The predicted octanol–water partition coefficient (Wildman–Crippen LogP) is 3.49. The van der Waals surface area contributed by atoms with Crippen LogP contribution < -0.4 is 4.74 Å². The number of hydrogen-bond acceptors (Lipinski definition) is 6. The molecule has 0 atom stereocenters. The van der Waals surface area contributed by atoms with Gasteiger partial charge in [-0.25, -0.2) is 0 Å². The van der Waals surface area contributed by atoms with Crippen LogP contribution in [0, 0.1) is 0 Å². The van der Waals surface area contributed by atoms with Crippen molar-refractivity contribution in [2.45, 2.75) is 0 Å². The molecule has 1 N–H and O–H groups in total. The fraction of sp³-hybridized carbons (Fsp3) is 0.0500. The van der Waals surface area contributed by atoms with Crippen LogP contribution in [0.2, 0.25) is 0 Å². The van der Waals surface area contributed by atoms with E-state index in [1.807, 2.05) is 6.07 Å². The number of carbonyl (C=O) groups excluding carboxylic acids is 3. The summed E-state index contributed by atoms with van der Waals surface area (Å²) in [6.07, 6.45) is 0. The monoisotopic (exact) mass is 364 g/mol. The Labute approximate surface area is 152 Å². The first-order valence-corrected chi connectivity index (χ1v) is 8.64. The second-order valence-electron chi connectivity index (χ2n) is 5.74. The molecule has 4 rings (SSSR count). The molecule has 0 fully saturated rings. The first-order chi connectivity index (χ1) is 12.6. The van der Waals surface area contributed by atoms with Gasteiger partial charge in [-0.2, -0.15) is 0 Å². The Bertz CT molecular complexity index is 1050. The lowest BCUT2D eigenvalue weighted by Crippen LogP contribution is -2.18. The summed E-state index contributed by atoms with van der Waals surface area (Å²) in [5, 5.41) is 9.94. The predicted molar refractivity (Wildman–Crippen MR) is 95.6 cm³/mol. The van der Waals surface area contributed by atoms with E-state index in [4.69, 9.17) is 4.74 Å². The number of aromatic hydroxyl groups is 1. The van der Waals surface area contributed by atoms with E-state index in [9.17, 15) is 19.5 Å². The molecule has 0 unspecified atom stereocenters. The Hall–Kier alpha value is -3.25. The zero-order valence-corrected chi connectivity index (χ0v) is 14.2. The van der Waals surface area contributed by atoms with Crippen LogP contribution in [0.25, 0.3) is 0 Å². The van der Waals surface area contributed by atoms with Gasteiger partial charge in [0.1, 0.15) is 11.5 Å². The van der Waals surface area contributed by atoms with Crippen molar-refractivity contribution in [2.75, 3.05) is 6.61 Å². The van der Waals surface area contributed by atoms with Crippen molar-refractivity contribution in [3.05, 3.63) is 81.0 Å². The third kappa shape index (κ3) is 2.60. The number of phenols is 1. The number of carbonyl (C=O) groups is 3. The van der Waals surface area contributed by atoms with E-state index in [1.54, 1.807) is 24.3 Å². The van der Waals surface area contributed by atoms with Gasteiger partial charge >= 0.3 is 0 Å². The van der Waals surface area contributed by atoms with E-state index in [0.29, 0.717) is 5.75 Å². The largest absolute Gasteiger partial charge is 0.507 e. The molecule has 26 heavy (non-hydrogen) atoms. The van der Waals surface area contributed by atoms with Crippen LogP contribution >= 0.6 is 11.3 Å². The molecule has 1 heterocycles. The van der Waals surface area contributed by atoms with E-state index >= 15 is 0 Å². The van der Waals surface area contributed by atoms with Gasteiger partial charge in [-0.1, -0.05) is 30.3 Å². The normalized spacial score (nSPS) is 12.5. The lowest BCUT2D eigenvalue weighted by atomic mass is 9.88. The van der Waals surface area contributed by atoms with Crippen LogP contribution in [0.4, 0.5) is 0 Å². The minimum atomic E-state index is -0.444. The minimum absolute atomic E-state index is 0.00798. The summed E-state index contributed by atoms with van der Waals surface area (Å²) in [7, 11) is 0.